The van der Waals surface area contributed by atoms with Crippen LogP contribution in [0, 0.1) is 0 Å². The number of aromatic nitrogens is 2. The molecule has 256 valence electrons. The number of ether oxygens (including phenoxy) is 1. The number of hydrogen-bond acceptors (Lipinski definition) is 4. The zero-order chi connectivity index (χ0) is 35.8. The highest BCUT2D eigenvalue weighted by molar-refractivity contribution is 6.02. The van der Waals surface area contributed by atoms with Crippen LogP contribution in [0.4, 0.5) is 34.3 Å². The molecule has 54 heavy (non-hydrogen) atoms. The molecule has 1 aliphatic heterocycles. The Kier molecular flexibility index (Phi) is 7.73. The lowest BCUT2D eigenvalue weighted by Crippen LogP contribution is -2.18. The van der Waals surface area contributed by atoms with Crippen molar-refractivity contribution in [3.8, 4) is 39.4 Å². The predicted molar refractivity (Wildman–Crippen MR) is 221 cm³/mol. The third-order valence-electron chi connectivity index (χ3n) is 10.0. The minimum Gasteiger partial charge on any atom is -0.451 e. The average Bonchev–Trinajstić information content (AvgIpc) is 3.57. The van der Waals surface area contributed by atoms with Gasteiger partial charge in [-0.3, -0.25) is 14.5 Å². The first-order chi connectivity index (χ1) is 26.8. The molecule has 7 aromatic carbocycles. The molecule has 0 aliphatic carbocycles. The number of fused-ring (bicyclic) bond motifs is 4. The molecule has 3 heterocycles. The van der Waals surface area contributed by atoms with Crippen LogP contribution < -0.4 is 14.5 Å². The van der Waals surface area contributed by atoms with Gasteiger partial charge in [-0.15, -0.1) is 0 Å². The summed E-state index contributed by atoms with van der Waals surface area (Å²) >= 11 is 0. The minimum absolute atomic E-state index is 0.825. The molecular weight excluding hydrogens is 661 g/mol. The number of hydrogen-bond donors (Lipinski definition) is 0. The second-order valence-electron chi connectivity index (χ2n) is 13.3. The lowest BCUT2D eigenvalue weighted by atomic mass is 10.0. The highest BCUT2D eigenvalue weighted by Crippen LogP contribution is 2.55. The number of anilines is 6. The molecule has 0 bridgehead atoms. The smallest absolute Gasteiger partial charge is 0.178 e. The summed E-state index contributed by atoms with van der Waals surface area (Å²) in [4.78, 5) is 8.92. The molecule has 0 N–H and O–H groups in total. The summed E-state index contributed by atoms with van der Waals surface area (Å²) in [6.45, 7) is 0. The van der Waals surface area contributed by atoms with E-state index in [0.29, 0.717) is 0 Å². The van der Waals surface area contributed by atoms with Gasteiger partial charge in [0.25, 0.3) is 0 Å². The van der Waals surface area contributed by atoms with Crippen molar-refractivity contribution >= 4 is 45.2 Å². The normalized spacial score (nSPS) is 11.8. The van der Waals surface area contributed by atoms with Crippen molar-refractivity contribution in [2.45, 2.75) is 0 Å². The first kappa shape index (κ1) is 31.4. The maximum absolute atomic E-state index is 6.80. The van der Waals surface area contributed by atoms with Crippen molar-refractivity contribution in [2.75, 3.05) is 9.80 Å². The summed E-state index contributed by atoms with van der Waals surface area (Å²) < 4.78 is 9.13. The van der Waals surface area contributed by atoms with Gasteiger partial charge in [0.15, 0.2) is 17.3 Å². The van der Waals surface area contributed by atoms with E-state index in [1.54, 1.807) is 0 Å². The third-order valence-corrected chi connectivity index (χ3v) is 10.0. The van der Waals surface area contributed by atoms with Gasteiger partial charge in [0.05, 0.1) is 11.2 Å². The molecule has 5 nitrogen and oxygen atoms in total. The van der Waals surface area contributed by atoms with Crippen LogP contribution >= 0.6 is 0 Å². The molecule has 1 aliphatic rings. The third kappa shape index (κ3) is 5.47. The fourth-order valence-corrected chi connectivity index (χ4v) is 7.55. The van der Waals surface area contributed by atoms with Crippen LogP contribution in [-0.4, -0.2) is 9.55 Å². The summed E-state index contributed by atoms with van der Waals surface area (Å²) in [7, 11) is 0. The molecule has 2 aromatic heterocycles. The molecule has 0 atom stereocenters. The van der Waals surface area contributed by atoms with Crippen LogP contribution in [0.2, 0.25) is 0 Å². The Balaban J connectivity index is 1.13. The lowest BCUT2D eigenvalue weighted by Gasteiger charge is -2.32. The molecule has 10 rings (SSSR count). The van der Waals surface area contributed by atoms with Crippen molar-refractivity contribution in [3.63, 3.8) is 0 Å². The van der Waals surface area contributed by atoms with E-state index in [4.69, 9.17) is 4.74 Å². The van der Waals surface area contributed by atoms with Gasteiger partial charge in [-0.05, 0) is 107 Å². The molecule has 0 fully saturated rings. The predicted octanol–water partition coefficient (Wildman–Crippen LogP) is 13.4. The summed E-state index contributed by atoms with van der Waals surface area (Å²) in [6, 6.07) is 68.2. The summed E-state index contributed by atoms with van der Waals surface area (Å²) in [5.74, 6) is 2.63. The van der Waals surface area contributed by atoms with Gasteiger partial charge in [-0.25, -0.2) is 0 Å². The van der Waals surface area contributed by atoms with Gasteiger partial charge in [-0.2, -0.15) is 0 Å². The molecule has 0 unspecified atom stereocenters. The quantitative estimate of drug-likeness (QED) is 0.166. The maximum atomic E-state index is 6.80. The Morgan fingerprint density at radius 1 is 0.444 bits per heavy atom. The van der Waals surface area contributed by atoms with E-state index in [-0.39, 0.29) is 0 Å². The topological polar surface area (TPSA) is 33.5 Å². The summed E-state index contributed by atoms with van der Waals surface area (Å²) in [5.41, 5.74) is 11.9. The SMILES string of the molecule is c1ccc(-c2ccc(N(c3ccncc3)c3cccc(-c4ccc5c6c(n(-c7ccccc7)c5c4)N(c4ccccc4)c4ccccc4O6)c3)cc2)cc1. The lowest BCUT2D eigenvalue weighted by molar-refractivity contribution is 0.481. The monoisotopic (exact) mass is 694 g/mol. The zero-order valence-electron chi connectivity index (χ0n) is 29.3. The van der Waals surface area contributed by atoms with E-state index in [0.717, 1.165) is 73.5 Å². The fraction of sp³-hybridized carbons (Fsp3) is 0. The highest BCUT2D eigenvalue weighted by Gasteiger charge is 2.33. The number of para-hydroxylation sites is 4. The number of pyridine rings is 1. The van der Waals surface area contributed by atoms with Crippen LogP contribution in [0.1, 0.15) is 0 Å². The number of benzene rings is 7. The van der Waals surface area contributed by atoms with E-state index in [1.165, 1.54) is 11.1 Å². The van der Waals surface area contributed by atoms with Crippen LogP contribution in [-0.2, 0) is 0 Å². The van der Waals surface area contributed by atoms with Crippen molar-refractivity contribution in [1.82, 2.24) is 9.55 Å². The van der Waals surface area contributed by atoms with Gasteiger partial charge in [-0.1, -0.05) is 109 Å². The number of rotatable bonds is 7. The molecule has 0 saturated heterocycles. The first-order valence-corrected chi connectivity index (χ1v) is 18.1. The van der Waals surface area contributed by atoms with E-state index in [9.17, 15) is 0 Å². The van der Waals surface area contributed by atoms with Gasteiger partial charge >= 0.3 is 0 Å². The van der Waals surface area contributed by atoms with Gasteiger partial charge < -0.3 is 9.64 Å². The van der Waals surface area contributed by atoms with Crippen molar-refractivity contribution in [1.29, 1.82) is 0 Å². The van der Waals surface area contributed by atoms with Crippen molar-refractivity contribution in [3.05, 3.63) is 207 Å². The second-order valence-corrected chi connectivity index (χ2v) is 13.3. The Morgan fingerprint density at radius 2 is 1.04 bits per heavy atom. The Hall–Kier alpha value is -7.37. The Labute approximate surface area is 314 Å². The first-order valence-electron chi connectivity index (χ1n) is 18.1. The molecule has 9 aromatic rings. The molecule has 0 radical (unpaired) electrons. The van der Waals surface area contributed by atoms with Crippen molar-refractivity contribution in [2.24, 2.45) is 0 Å². The Bertz CT molecular complexity index is 2730. The highest BCUT2D eigenvalue weighted by atomic mass is 16.5. The van der Waals surface area contributed by atoms with Crippen LogP contribution in [0.25, 0.3) is 38.8 Å². The van der Waals surface area contributed by atoms with Gasteiger partial charge in [0, 0.05) is 46.2 Å². The van der Waals surface area contributed by atoms with E-state index in [1.807, 2.05) is 30.6 Å². The van der Waals surface area contributed by atoms with Crippen LogP contribution in [0.3, 0.4) is 0 Å². The Morgan fingerprint density at radius 3 is 1.80 bits per heavy atom. The molecule has 0 amide bonds. The molecule has 5 heteroatoms. The van der Waals surface area contributed by atoms with Gasteiger partial charge in [0.1, 0.15) is 0 Å². The second kappa shape index (κ2) is 13.3. The van der Waals surface area contributed by atoms with Crippen molar-refractivity contribution < 1.29 is 4.74 Å². The average molecular weight is 695 g/mol. The summed E-state index contributed by atoms with van der Waals surface area (Å²) in [6.07, 6.45) is 3.69. The van der Waals surface area contributed by atoms with E-state index >= 15 is 0 Å². The number of nitrogens with zero attached hydrogens (tertiary/aromatic N) is 4. The summed E-state index contributed by atoms with van der Waals surface area (Å²) in [5, 5.41) is 1.04. The largest absolute Gasteiger partial charge is 0.451 e. The van der Waals surface area contributed by atoms with Gasteiger partial charge in [0.2, 0.25) is 0 Å². The van der Waals surface area contributed by atoms with Crippen LogP contribution in [0.15, 0.2) is 207 Å². The van der Waals surface area contributed by atoms with E-state index < -0.39 is 0 Å². The molecular formula is C49H34N4O. The zero-order valence-corrected chi connectivity index (χ0v) is 29.3. The minimum atomic E-state index is 0.825. The van der Waals surface area contributed by atoms with Crippen LogP contribution in [0.5, 0.6) is 11.5 Å². The molecule has 0 spiro atoms. The van der Waals surface area contributed by atoms with E-state index in [2.05, 4.69) is 195 Å². The standard InChI is InChI=1S/C49H34N4O/c1-4-13-35(14-5-1)36-23-26-41(27-24-36)51(42-29-31-50-32-30-42)43-20-12-15-37(33-43)38-25-28-44-46(34-38)53(40-18-8-3-9-19-40)49-48(44)54-47-22-11-10-21-45(47)52(49)39-16-6-2-7-17-39/h1-34H. The maximum Gasteiger partial charge on any atom is 0.178 e. The molecule has 0 saturated carbocycles. The fourth-order valence-electron chi connectivity index (χ4n) is 7.55.